The van der Waals surface area contributed by atoms with E-state index in [1.54, 1.807) is 18.2 Å². The van der Waals surface area contributed by atoms with Gasteiger partial charge in [-0.25, -0.2) is 22.0 Å². The first kappa shape index (κ1) is 25.0. The summed E-state index contributed by atoms with van der Waals surface area (Å²) in [4.78, 5) is 13.0. The predicted octanol–water partition coefficient (Wildman–Crippen LogP) is 6.99. The monoisotopic (exact) mass is 475 g/mol. The molecular formula is C26H22F5NO2. The van der Waals surface area contributed by atoms with Crippen molar-refractivity contribution in [3.05, 3.63) is 94.8 Å². The highest BCUT2D eigenvalue weighted by Gasteiger charge is 2.33. The van der Waals surface area contributed by atoms with Gasteiger partial charge in [-0.1, -0.05) is 62.4 Å². The molecule has 1 N–H and O–H groups in total. The lowest BCUT2D eigenvalue weighted by atomic mass is 9.81. The van der Waals surface area contributed by atoms with Gasteiger partial charge in [-0.05, 0) is 35.3 Å². The molecule has 34 heavy (non-hydrogen) atoms. The van der Waals surface area contributed by atoms with E-state index in [9.17, 15) is 26.7 Å². The Hall–Kier alpha value is -3.68. The molecule has 1 amide bonds. The maximum atomic E-state index is 14.1. The molecule has 3 aromatic rings. The number of methoxy groups -OCH3 is 1. The molecule has 0 aliphatic carbocycles. The number of halogens is 5. The van der Waals surface area contributed by atoms with Gasteiger partial charge in [-0.15, -0.1) is 0 Å². The fraction of sp³-hybridized carbons (Fsp3) is 0.192. The van der Waals surface area contributed by atoms with Gasteiger partial charge in [-0.3, -0.25) is 4.79 Å². The highest BCUT2D eigenvalue weighted by atomic mass is 19.2. The number of hydrogen-bond acceptors (Lipinski definition) is 2. The molecule has 0 bridgehead atoms. The molecule has 0 spiro atoms. The minimum atomic E-state index is -2.29. The summed E-state index contributed by atoms with van der Waals surface area (Å²) in [6, 6.07) is 16.4. The molecule has 3 aromatic carbocycles. The molecular weight excluding hydrogens is 453 g/mol. The van der Waals surface area contributed by atoms with Crippen LogP contribution in [-0.2, 0) is 4.79 Å². The first-order valence-corrected chi connectivity index (χ1v) is 10.3. The standard InChI is InChI=1S/C26H22F5NO2/c1-26(2,25(33)32-24-22(30)20(28)19(27)21(29)23(24)31)14-17(12-15-8-5-4-6-9-15)16-10-7-11-18(13-16)34-3/h4-13H,14H2,1-3H3,(H,32,33)/b17-12-. The van der Waals surface area contributed by atoms with Gasteiger partial charge in [0.2, 0.25) is 11.7 Å². The van der Waals surface area contributed by atoms with Crippen molar-refractivity contribution in [2.75, 3.05) is 12.4 Å². The normalized spacial score (nSPS) is 11.9. The molecule has 0 heterocycles. The zero-order valence-corrected chi connectivity index (χ0v) is 18.7. The third kappa shape index (κ3) is 5.27. The molecule has 178 valence electrons. The largest absolute Gasteiger partial charge is 0.497 e. The number of hydrogen-bond donors (Lipinski definition) is 1. The fourth-order valence-corrected chi connectivity index (χ4v) is 3.36. The average Bonchev–Trinajstić information content (AvgIpc) is 2.84. The van der Waals surface area contributed by atoms with Gasteiger partial charge in [0.25, 0.3) is 0 Å². The second kappa shape index (κ2) is 10.1. The SMILES string of the molecule is COc1cccc(/C(=C\c2ccccc2)CC(C)(C)C(=O)Nc2c(F)c(F)c(F)c(F)c2F)c1. The smallest absolute Gasteiger partial charge is 0.230 e. The first-order chi connectivity index (χ1) is 16.0. The third-order valence-electron chi connectivity index (χ3n) is 5.28. The summed E-state index contributed by atoms with van der Waals surface area (Å²) >= 11 is 0. The van der Waals surface area contributed by atoms with Gasteiger partial charge in [0.1, 0.15) is 11.4 Å². The third-order valence-corrected chi connectivity index (χ3v) is 5.28. The molecule has 0 radical (unpaired) electrons. The Balaban J connectivity index is 1.97. The Morgan fingerprint density at radius 1 is 0.882 bits per heavy atom. The number of nitrogens with one attached hydrogen (secondary N) is 1. The lowest BCUT2D eigenvalue weighted by Gasteiger charge is -2.26. The summed E-state index contributed by atoms with van der Waals surface area (Å²) < 4.78 is 73.9. The van der Waals surface area contributed by atoms with Crippen LogP contribution in [0.1, 0.15) is 31.4 Å². The molecule has 0 aliphatic heterocycles. The summed E-state index contributed by atoms with van der Waals surface area (Å²) in [6.45, 7) is 3.01. The maximum Gasteiger partial charge on any atom is 0.230 e. The Bertz CT molecular complexity index is 1210. The van der Waals surface area contributed by atoms with Crippen LogP contribution < -0.4 is 10.1 Å². The molecule has 8 heteroatoms. The Morgan fingerprint density at radius 3 is 2.06 bits per heavy atom. The van der Waals surface area contributed by atoms with Crippen LogP contribution in [0.3, 0.4) is 0 Å². The number of ether oxygens (including phenoxy) is 1. The van der Waals surface area contributed by atoms with Gasteiger partial charge in [-0.2, -0.15) is 0 Å². The minimum absolute atomic E-state index is 0.0797. The van der Waals surface area contributed by atoms with Gasteiger partial charge in [0.15, 0.2) is 23.3 Å². The number of amides is 1. The van der Waals surface area contributed by atoms with Crippen molar-refractivity contribution in [1.29, 1.82) is 0 Å². The van der Waals surface area contributed by atoms with Crippen LogP contribution in [0.4, 0.5) is 27.6 Å². The van der Waals surface area contributed by atoms with Crippen LogP contribution >= 0.6 is 0 Å². The summed E-state index contributed by atoms with van der Waals surface area (Å²) in [6.07, 6.45) is 1.93. The minimum Gasteiger partial charge on any atom is -0.497 e. The van der Waals surface area contributed by atoms with Crippen LogP contribution in [0.5, 0.6) is 5.75 Å². The van der Waals surface area contributed by atoms with E-state index in [1.165, 1.54) is 21.0 Å². The van der Waals surface area contributed by atoms with Crippen LogP contribution in [-0.4, -0.2) is 13.0 Å². The van der Waals surface area contributed by atoms with Gasteiger partial charge in [0.05, 0.1) is 7.11 Å². The molecule has 0 aromatic heterocycles. The summed E-state index contributed by atoms with van der Waals surface area (Å²) in [5.41, 5.74) is -0.409. The van der Waals surface area contributed by atoms with Crippen molar-refractivity contribution in [1.82, 2.24) is 0 Å². The van der Waals surface area contributed by atoms with Crippen LogP contribution in [0, 0.1) is 34.5 Å². The van der Waals surface area contributed by atoms with Crippen LogP contribution in [0.2, 0.25) is 0 Å². The van der Waals surface area contributed by atoms with Crippen LogP contribution in [0.25, 0.3) is 11.6 Å². The van der Waals surface area contributed by atoms with E-state index in [2.05, 4.69) is 0 Å². The number of carbonyl (C=O) groups is 1. The number of allylic oxidation sites excluding steroid dienone is 1. The van der Waals surface area contributed by atoms with E-state index in [0.29, 0.717) is 11.3 Å². The molecule has 0 fully saturated rings. The van der Waals surface area contributed by atoms with Crippen molar-refractivity contribution in [2.24, 2.45) is 5.41 Å². The van der Waals surface area contributed by atoms with Gasteiger partial charge >= 0.3 is 0 Å². The molecule has 3 nitrogen and oxygen atoms in total. The van der Waals surface area contributed by atoms with E-state index in [1.807, 2.05) is 47.8 Å². The Labute approximate surface area is 193 Å². The Morgan fingerprint density at radius 2 is 1.47 bits per heavy atom. The molecule has 0 saturated carbocycles. The van der Waals surface area contributed by atoms with Crippen molar-refractivity contribution in [3.8, 4) is 5.75 Å². The lowest BCUT2D eigenvalue weighted by molar-refractivity contribution is -0.123. The zero-order valence-electron chi connectivity index (χ0n) is 18.7. The van der Waals surface area contributed by atoms with Crippen molar-refractivity contribution >= 4 is 23.2 Å². The predicted molar refractivity (Wildman–Crippen MR) is 121 cm³/mol. The number of rotatable bonds is 7. The van der Waals surface area contributed by atoms with Crippen molar-refractivity contribution in [3.63, 3.8) is 0 Å². The molecule has 0 saturated heterocycles. The van der Waals surface area contributed by atoms with Gasteiger partial charge < -0.3 is 10.1 Å². The van der Waals surface area contributed by atoms with Crippen molar-refractivity contribution < 1.29 is 31.5 Å². The number of anilines is 1. The van der Waals surface area contributed by atoms with E-state index < -0.39 is 46.1 Å². The first-order valence-electron chi connectivity index (χ1n) is 10.3. The number of carbonyl (C=O) groups excluding carboxylic acids is 1. The molecule has 3 rings (SSSR count). The van der Waals surface area contributed by atoms with E-state index in [-0.39, 0.29) is 6.42 Å². The second-order valence-corrected chi connectivity index (χ2v) is 8.27. The highest BCUT2D eigenvalue weighted by molar-refractivity contribution is 5.97. The second-order valence-electron chi connectivity index (χ2n) is 8.27. The molecule has 0 unspecified atom stereocenters. The topological polar surface area (TPSA) is 38.3 Å². The summed E-state index contributed by atoms with van der Waals surface area (Å²) in [5, 5.41) is 1.88. The average molecular weight is 475 g/mol. The highest BCUT2D eigenvalue weighted by Crippen LogP contribution is 2.36. The quantitative estimate of drug-likeness (QED) is 0.173. The Kier molecular flexibility index (Phi) is 7.39. The lowest BCUT2D eigenvalue weighted by Crippen LogP contribution is -2.32. The van der Waals surface area contributed by atoms with E-state index in [4.69, 9.17) is 4.74 Å². The zero-order chi connectivity index (χ0) is 25.0. The maximum absolute atomic E-state index is 14.1. The molecule has 0 aliphatic rings. The van der Waals surface area contributed by atoms with Gasteiger partial charge in [0, 0.05) is 5.41 Å². The van der Waals surface area contributed by atoms with Crippen molar-refractivity contribution in [2.45, 2.75) is 20.3 Å². The van der Waals surface area contributed by atoms with E-state index >= 15 is 0 Å². The molecule has 0 atom stereocenters. The van der Waals surface area contributed by atoms with Crippen LogP contribution in [0.15, 0.2) is 54.6 Å². The van der Waals surface area contributed by atoms with E-state index in [0.717, 1.165) is 11.1 Å². The fourth-order valence-electron chi connectivity index (χ4n) is 3.36. The summed E-state index contributed by atoms with van der Waals surface area (Å²) in [7, 11) is 1.52. The number of benzene rings is 3. The summed E-state index contributed by atoms with van der Waals surface area (Å²) in [5.74, 6) is -11.1.